The summed E-state index contributed by atoms with van der Waals surface area (Å²) in [6, 6.07) is 5.74. The van der Waals surface area contributed by atoms with Gasteiger partial charge in [-0.05, 0) is 18.6 Å². The van der Waals surface area contributed by atoms with Crippen LogP contribution in [0.2, 0.25) is 0 Å². The zero-order chi connectivity index (χ0) is 13.2. The first-order valence-electron chi connectivity index (χ1n) is 6.86. The highest BCUT2D eigenvalue weighted by molar-refractivity contribution is 5.92. The molecule has 3 rings (SSSR count). The average molecular weight is 257 g/mol. The quantitative estimate of drug-likeness (QED) is 0.768. The van der Waals surface area contributed by atoms with Crippen LogP contribution in [0.25, 0.3) is 0 Å². The third kappa shape index (κ3) is 2.54. The largest absolute Gasteiger partial charge is 0.337 e. The van der Waals surface area contributed by atoms with Crippen LogP contribution in [-0.2, 0) is 6.54 Å². The average Bonchev–Trinajstić information content (AvgIpc) is 2.31. The van der Waals surface area contributed by atoms with Gasteiger partial charge in [0.1, 0.15) is 5.69 Å². The molecule has 1 amide bonds. The molecule has 0 bridgehead atoms. The Balaban J connectivity index is 1.63. The van der Waals surface area contributed by atoms with E-state index in [4.69, 9.17) is 0 Å². The molecule has 0 spiro atoms. The minimum absolute atomic E-state index is 0.0701. The fourth-order valence-corrected chi connectivity index (χ4v) is 2.49. The molecule has 0 saturated carbocycles. The van der Waals surface area contributed by atoms with Crippen LogP contribution in [0.5, 0.6) is 0 Å². The van der Waals surface area contributed by atoms with E-state index in [1.54, 1.807) is 0 Å². The van der Waals surface area contributed by atoms with Gasteiger partial charge in [0, 0.05) is 38.6 Å². The number of carbonyl (C=O) groups excluding carboxylic acids is 1. The van der Waals surface area contributed by atoms with Crippen LogP contribution in [0.4, 0.5) is 0 Å². The Morgan fingerprint density at radius 3 is 2.84 bits per heavy atom. The maximum absolute atomic E-state index is 12.1. The molecular weight excluding hydrogens is 238 g/mol. The van der Waals surface area contributed by atoms with Crippen LogP contribution in [0, 0.1) is 5.92 Å². The molecule has 1 aromatic heterocycles. The summed E-state index contributed by atoms with van der Waals surface area (Å²) in [6.45, 7) is 8.48. The van der Waals surface area contributed by atoms with Gasteiger partial charge in [0.15, 0.2) is 0 Å². The second kappa shape index (κ2) is 5.13. The van der Waals surface area contributed by atoms with Crippen LogP contribution in [0.3, 0.4) is 0 Å². The zero-order valence-corrected chi connectivity index (χ0v) is 11.1. The van der Waals surface area contributed by atoms with Gasteiger partial charge in [-0.1, -0.05) is 12.1 Å². The molecule has 4 heteroatoms. The van der Waals surface area contributed by atoms with Crippen LogP contribution in [0.1, 0.15) is 22.6 Å². The fraction of sp³-hybridized carbons (Fsp3) is 0.467. The Bertz CT molecular complexity index is 490. The number of nitrogens with zero attached hydrogens (tertiary/aromatic N) is 3. The van der Waals surface area contributed by atoms with E-state index in [-0.39, 0.29) is 5.91 Å². The van der Waals surface area contributed by atoms with Crippen LogP contribution < -0.4 is 0 Å². The van der Waals surface area contributed by atoms with E-state index in [1.165, 1.54) is 0 Å². The lowest BCUT2D eigenvalue weighted by molar-refractivity contribution is 0.0644. The summed E-state index contributed by atoms with van der Waals surface area (Å²) in [5.41, 5.74) is 1.56. The lowest BCUT2D eigenvalue weighted by Gasteiger charge is -2.37. The monoisotopic (exact) mass is 257 g/mol. The van der Waals surface area contributed by atoms with Crippen molar-refractivity contribution in [2.45, 2.75) is 13.0 Å². The lowest BCUT2D eigenvalue weighted by Crippen LogP contribution is -2.45. The van der Waals surface area contributed by atoms with Gasteiger partial charge in [-0.25, -0.2) is 4.98 Å². The second-order valence-corrected chi connectivity index (χ2v) is 5.35. The molecule has 2 aliphatic heterocycles. The van der Waals surface area contributed by atoms with Crippen molar-refractivity contribution in [2.24, 2.45) is 5.92 Å². The summed E-state index contributed by atoms with van der Waals surface area (Å²) in [5.74, 6) is 0.687. The smallest absolute Gasteiger partial charge is 0.272 e. The van der Waals surface area contributed by atoms with Crippen molar-refractivity contribution in [3.63, 3.8) is 0 Å². The van der Waals surface area contributed by atoms with Crippen molar-refractivity contribution in [2.75, 3.05) is 26.2 Å². The molecule has 2 saturated heterocycles. The molecular formula is C15H19N3O. The third-order valence-corrected chi connectivity index (χ3v) is 3.87. The lowest BCUT2D eigenvalue weighted by atomic mass is 10.0. The number of hydrogen-bond acceptors (Lipinski definition) is 3. The Morgan fingerprint density at radius 1 is 1.42 bits per heavy atom. The topological polar surface area (TPSA) is 36.4 Å². The number of amides is 1. The first-order chi connectivity index (χ1) is 9.26. The Labute approximate surface area is 113 Å². The zero-order valence-electron chi connectivity index (χ0n) is 11.1. The van der Waals surface area contributed by atoms with Crippen molar-refractivity contribution >= 4 is 5.91 Å². The number of aromatic nitrogens is 1. The number of carbonyl (C=O) groups is 1. The number of rotatable bonds is 4. The molecule has 2 aliphatic rings. The first kappa shape index (κ1) is 12.4. The summed E-state index contributed by atoms with van der Waals surface area (Å²) >= 11 is 0. The van der Waals surface area contributed by atoms with Gasteiger partial charge in [0.2, 0.25) is 0 Å². The van der Waals surface area contributed by atoms with E-state index in [0.29, 0.717) is 11.6 Å². The fourth-order valence-electron chi connectivity index (χ4n) is 2.49. The van der Waals surface area contributed by atoms with Gasteiger partial charge in [-0.15, -0.1) is 6.58 Å². The molecule has 0 unspecified atom stereocenters. The Kier molecular flexibility index (Phi) is 3.34. The predicted molar refractivity (Wildman–Crippen MR) is 73.7 cm³/mol. The maximum Gasteiger partial charge on any atom is 0.272 e. The summed E-state index contributed by atoms with van der Waals surface area (Å²) < 4.78 is 0. The third-order valence-electron chi connectivity index (χ3n) is 3.87. The standard InChI is InChI=1S/C15H19N3O/c1-2-12-9-17(10-12)11-13-5-3-6-14(16-13)15(19)18-7-4-8-18/h2-3,5-6,12H,1,4,7-11H2. The highest BCUT2D eigenvalue weighted by atomic mass is 16.2. The van der Waals surface area contributed by atoms with Gasteiger partial charge < -0.3 is 4.90 Å². The van der Waals surface area contributed by atoms with Crippen LogP contribution in [-0.4, -0.2) is 46.9 Å². The molecule has 4 nitrogen and oxygen atoms in total. The van der Waals surface area contributed by atoms with Crippen molar-refractivity contribution in [3.8, 4) is 0 Å². The van der Waals surface area contributed by atoms with E-state index in [9.17, 15) is 4.79 Å². The maximum atomic E-state index is 12.1. The van der Waals surface area contributed by atoms with Gasteiger partial charge in [-0.2, -0.15) is 0 Å². The van der Waals surface area contributed by atoms with Crippen LogP contribution in [0.15, 0.2) is 30.9 Å². The summed E-state index contributed by atoms with van der Waals surface area (Å²) in [5, 5.41) is 0. The first-order valence-corrected chi connectivity index (χ1v) is 6.86. The van der Waals surface area contributed by atoms with Gasteiger partial charge in [0.05, 0.1) is 5.69 Å². The molecule has 0 aliphatic carbocycles. The minimum Gasteiger partial charge on any atom is -0.337 e. The summed E-state index contributed by atoms with van der Waals surface area (Å²) in [4.78, 5) is 20.7. The molecule has 0 radical (unpaired) electrons. The van der Waals surface area contributed by atoms with E-state index in [0.717, 1.165) is 44.8 Å². The molecule has 0 atom stereocenters. The van der Waals surface area contributed by atoms with Crippen molar-refractivity contribution < 1.29 is 4.79 Å². The van der Waals surface area contributed by atoms with E-state index < -0.39 is 0 Å². The predicted octanol–water partition coefficient (Wildman–Crippen LogP) is 1.55. The van der Waals surface area contributed by atoms with Gasteiger partial charge in [-0.3, -0.25) is 9.69 Å². The molecule has 0 N–H and O–H groups in total. The van der Waals surface area contributed by atoms with Crippen molar-refractivity contribution in [1.82, 2.24) is 14.8 Å². The molecule has 1 aromatic rings. The summed E-state index contributed by atoms with van der Waals surface area (Å²) in [7, 11) is 0. The Hall–Kier alpha value is -1.68. The normalized spacial score (nSPS) is 19.7. The molecule has 3 heterocycles. The van der Waals surface area contributed by atoms with Crippen molar-refractivity contribution in [1.29, 1.82) is 0 Å². The highest BCUT2D eigenvalue weighted by Crippen LogP contribution is 2.19. The summed E-state index contributed by atoms with van der Waals surface area (Å²) in [6.07, 6.45) is 3.12. The second-order valence-electron chi connectivity index (χ2n) is 5.35. The van der Waals surface area contributed by atoms with Gasteiger partial charge >= 0.3 is 0 Å². The molecule has 0 aromatic carbocycles. The molecule has 100 valence electrons. The van der Waals surface area contributed by atoms with Crippen molar-refractivity contribution in [3.05, 3.63) is 42.2 Å². The van der Waals surface area contributed by atoms with E-state index in [1.807, 2.05) is 29.2 Å². The number of pyridine rings is 1. The van der Waals surface area contributed by atoms with Crippen LogP contribution >= 0.6 is 0 Å². The Morgan fingerprint density at radius 2 is 2.21 bits per heavy atom. The number of hydrogen-bond donors (Lipinski definition) is 0. The van der Waals surface area contributed by atoms with E-state index in [2.05, 4.69) is 16.5 Å². The molecule has 2 fully saturated rings. The highest BCUT2D eigenvalue weighted by Gasteiger charge is 2.25. The van der Waals surface area contributed by atoms with Gasteiger partial charge in [0.25, 0.3) is 5.91 Å². The SMILES string of the molecule is C=CC1CN(Cc2cccc(C(=O)N3CCC3)n2)C1. The number of likely N-dealkylation sites (tertiary alicyclic amines) is 2. The molecule has 19 heavy (non-hydrogen) atoms. The van der Waals surface area contributed by atoms with E-state index >= 15 is 0 Å². The minimum atomic E-state index is 0.0701.